The monoisotopic (exact) mass is 605 g/mol. The Labute approximate surface area is 254 Å². The predicted octanol–water partition coefficient (Wildman–Crippen LogP) is 6.61. The summed E-state index contributed by atoms with van der Waals surface area (Å²) in [6.07, 6.45) is 0. The number of imide groups is 1. The first kappa shape index (κ1) is 28.4. The standard InChI is InChI=1S/C33H20ClN3O7/c1-18-27(34)15-14-23-26(33(41)44-17-29(38)20-8-12-22(13-9-20)37(42)43)16-28(35-30(18)23)19-6-10-21(11-7-19)36-31(39)24-4-2-3-5-25(24)32(36)40/h2-16H,17H2,1H3. The van der Waals surface area contributed by atoms with E-state index in [0.29, 0.717) is 49.6 Å². The number of anilines is 1. The zero-order valence-electron chi connectivity index (χ0n) is 22.9. The summed E-state index contributed by atoms with van der Waals surface area (Å²) >= 11 is 6.37. The second-order valence-corrected chi connectivity index (χ2v) is 10.4. The van der Waals surface area contributed by atoms with Gasteiger partial charge in [0.2, 0.25) is 0 Å². The molecule has 0 unspecified atom stereocenters. The Hall–Kier alpha value is -5.74. The smallest absolute Gasteiger partial charge is 0.339 e. The van der Waals surface area contributed by atoms with Crippen LogP contribution in [-0.4, -0.2) is 40.1 Å². The van der Waals surface area contributed by atoms with Crippen molar-refractivity contribution >= 4 is 57.4 Å². The minimum Gasteiger partial charge on any atom is -0.454 e. The molecule has 1 aromatic heterocycles. The van der Waals surface area contributed by atoms with Gasteiger partial charge in [0.05, 0.1) is 38.5 Å². The fraction of sp³-hybridized carbons (Fsp3) is 0.0606. The van der Waals surface area contributed by atoms with Crippen LogP contribution in [-0.2, 0) is 4.74 Å². The Morgan fingerprint density at radius 2 is 1.55 bits per heavy atom. The van der Waals surface area contributed by atoms with Crippen molar-refractivity contribution in [2.45, 2.75) is 6.92 Å². The van der Waals surface area contributed by atoms with Crippen molar-refractivity contribution in [2.75, 3.05) is 11.5 Å². The van der Waals surface area contributed by atoms with E-state index in [2.05, 4.69) is 0 Å². The number of nitrogens with zero attached hydrogens (tertiary/aromatic N) is 3. The molecular weight excluding hydrogens is 586 g/mol. The SMILES string of the molecule is Cc1c(Cl)ccc2c(C(=O)OCC(=O)c3ccc([N+](=O)[O-])cc3)cc(-c3ccc(N4C(=O)c5ccccc5C4=O)cc3)nc12. The lowest BCUT2D eigenvalue weighted by molar-refractivity contribution is -0.384. The fourth-order valence-corrected chi connectivity index (χ4v) is 5.14. The molecule has 0 spiro atoms. The minimum atomic E-state index is -0.779. The quantitative estimate of drug-likeness (QED) is 0.0664. The Kier molecular flexibility index (Phi) is 7.20. The van der Waals surface area contributed by atoms with Crippen LogP contribution in [0, 0.1) is 17.0 Å². The summed E-state index contributed by atoms with van der Waals surface area (Å²) in [6, 6.07) is 23.0. The Morgan fingerprint density at radius 1 is 0.909 bits per heavy atom. The van der Waals surface area contributed by atoms with Gasteiger partial charge in [-0.2, -0.15) is 0 Å². The third-order valence-corrected chi connectivity index (χ3v) is 7.75. The first-order valence-electron chi connectivity index (χ1n) is 13.3. The van der Waals surface area contributed by atoms with E-state index in [1.807, 2.05) is 0 Å². The lowest BCUT2D eigenvalue weighted by Gasteiger charge is -2.15. The van der Waals surface area contributed by atoms with Crippen molar-refractivity contribution in [1.29, 1.82) is 0 Å². The number of halogens is 1. The van der Waals surface area contributed by atoms with Gasteiger partial charge in [-0.1, -0.05) is 41.9 Å². The molecule has 0 aliphatic carbocycles. The van der Waals surface area contributed by atoms with Gasteiger partial charge in [-0.15, -0.1) is 0 Å². The molecule has 1 aliphatic rings. The first-order chi connectivity index (χ1) is 21.1. The maximum Gasteiger partial charge on any atom is 0.339 e. The van der Waals surface area contributed by atoms with E-state index in [1.165, 1.54) is 30.3 Å². The highest BCUT2D eigenvalue weighted by Crippen LogP contribution is 2.33. The molecule has 1 aliphatic heterocycles. The van der Waals surface area contributed by atoms with Crippen LogP contribution >= 0.6 is 11.6 Å². The number of nitro benzene ring substituents is 1. The van der Waals surface area contributed by atoms with E-state index in [0.717, 1.165) is 4.90 Å². The molecule has 2 amide bonds. The Morgan fingerprint density at radius 3 is 2.16 bits per heavy atom. The van der Waals surface area contributed by atoms with Crippen LogP contribution in [0.3, 0.4) is 0 Å². The number of hydrogen-bond donors (Lipinski definition) is 0. The lowest BCUT2D eigenvalue weighted by Crippen LogP contribution is -2.29. The maximum atomic E-state index is 13.3. The number of Topliss-reactive ketones (excluding diaryl/α,β-unsaturated/α-hetero) is 1. The lowest BCUT2D eigenvalue weighted by atomic mass is 10.0. The van der Waals surface area contributed by atoms with Gasteiger partial charge in [-0.25, -0.2) is 14.7 Å². The number of ketones is 1. The molecule has 11 heteroatoms. The average Bonchev–Trinajstić information content (AvgIpc) is 3.30. The Balaban J connectivity index is 1.30. The highest BCUT2D eigenvalue weighted by molar-refractivity contribution is 6.34. The van der Waals surface area contributed by atoms with Crippen molar-refractivity contribution in [3.63, 3.8) is 0 Å². The largest absolute Gasteiger partial charge is 0.454 e. The number of carbonyl (C=O) groups is 4. The van der Waals surface area contributed by atoms with Gasteiger partial charge in [0.1, 0.15) is 0 Å². The van der Waals surface area contributed by atoms with E-state index in [9.17, 15) is 29.3 Å². The second kappa shape index (κ2) is 11.2. The number of rotatable bonds is 7. The van der Waals surface area contributed by atoms with E-state index >= 15 is 0 Å². The van der Waals surface area contributed by atoms with E-state index in [4.69, 9.17) is 21.3 Å². The van der Waals surface area contributed by atoms with Crippen molar-refractivity contribution in [3.05, 3.63) is 134 Å². The zero-order valence-corrected chi connectivity index (χ0v) is 23.7. The topological polar surface area (TPSA) is 137 Å². The average molecular weight is 606 g/mol. The summed E-state index contributed by atoms with van der Waals surface area (Å²) in [7, 11) is 0. The van der Waals surface area contributed by atoms with Gasteiger partial charge in [0.15, 0.2) is 12.4 Å². The van der Waals surface area contributed by atoms with E-state index in [1.54, 1.807) is 67.6 Å². The third kappa shape index (κ3) is 4.97. The van der Waals surface area contributed by atoms with Crippen LogP contribution in [0.25, 0.3) is 22.2 Å². The van der Waals surface area contributed by atoms with Gasteiger partial charge in [0.25, 0.3) is 17.5 Å². The number of ether oxygens (including phenoxy) is 1. The number of non-ortho nitro benzene ring substituents is 1. The second-order valence-electron chi connectivity index (χ2n) is 9.97. The number of aromatic nitrogens is 1. The molecule has 0 fully saturated rings. The minimum absolute atomic E-state index is 0.144. The van der Waals surface area contributed by atoms with Gasteiger partial charge in [-0.3, -0.25) is 24.5 Å². The number of esters is 1. The highest BCUT2D eigenvalue weighted by Gasteiger charge is 2.36. The molecule has 5 aromatic rings. The molecule has 0 saturated heterocycles. The van der Waals surface area contributed by atoms with Gasteiger partial charge >= 0.3 is 5.97 Å². The summed E-state index contributed by atoms with van der Waals surface area (Å²) in [4.78, 5) is 68.0. The number of aryl methyl sites for hydroxylation is 1. The number of carbonyl (C=O) groups excluding carboxylic acids is 4. The molecule has 10 nitrogen and oxygen atoms in total. The fourth-order valence-electron chi connectivity index (χ4n) is 4.99. The molecule has 0 atom stereocenters. The summed E-state index contributed by atoms with van der Waals surface area (Å²) < 4.78 is 5.37. The number of pyridine rings is 1. The van der Waals surface area contributed by atoms with Crippen LogP contribution in [0.5, 0.6) is 0 Å². The number of amides is 2. The third-order valence-electron chi connectivity index (χ3n) is 7.34. The summed E-state index contributed by atoms with van der Waals surface area (Å²) in [6.45, 7) is 1.18. The van der Waals surface area contributed by atoms with Crippen molar-refractivity contribution in [3.8, 4) is 11.3 Å². The molecule has 4 aromatic carbocycles. The molecule has 216 valence electrons. The van der Waals surface area contributed by atoms with Crippen LogP contribution in [0.15, 0.2) is 91.0 Å². The van der Waals surface area contributed by atoms with Crippen LogP contribution in [0.2, 0.25) is 5.02 Å². The van der Waals surface area contributed by atoms with Crippen LogP contribution in [0.4, 0.5) is 11.4 Å². The van der Waals surface area contributed by atoms with Gasteiger partial charge < -0.3 is 4.74 Å². The summed E-state index contributed by atoms with van der Waals surface area (Å²) in [5.41, 5.74) is 3.24. The first-order valence-corrected chi connectivity index (χ1v) is 13.6. The van der Waals surface area contributed by atoms with Crippen molar-refractivity contribution in [1.82, 2.24) is 4.98 Å². The summed E-state index contributed by atoms with van der Waals surface area (Å²) in [5.74, 6) is -2.14. The zero-order chi connectivity index (χ0) is 31.1. The molecule has 0 saturated carbocycles. The van der Waals surface area contributed by atoms with Gasteiger partial charge in [0, 0.05) is 33.7 Å². The molecule has 2 heterocycles. The van der Waals surface area contributed by atoms with Crippen molar-refractivity contribution in [2.24, 2.45) is 0 Å². The van der Waals surface area contributed by atoms with E-state index < -0.39 is 35.1 Å². The van der Waals surface area contributed by atoms with Gasteiger partial charge in [-0.05, 0) is 61.0 Å². The van der Waals surface area contributed by atoms with Crippen LogP contribution in [0.1, 0.15) is 47.0 Å². The molecule has 0 radical (unpaired) electrons. The van der Waals surface area contributed by atoms with Crippen molar-refractivity contribution < 1.29 is 28.8 Å². The summed E-state index contributed by atoms with van der Waals surface area (Å²) in [5, 5.41) is 11.8. The normalized spacial score (nSPS) is 12.4. The predicted molar refractivity (Wildman–Crippen MR) is 162 cm³/mol. The molecule has 44 heavy (non-hydrogen) atoms. The molecule has 0 bridgehead atoms. The number of fused-ring (bicyclic) bond motifs is 2. The Bertz CT molecular complexity index is 2010. The van der Waals surface area contributed by atoms with Crippen LogP contribution < -0.4 is 4.90 Å². The molecule has 6 rings (SSSR count). The van der Waals surface area contributed by atoms with E-state index in [-0.39, 0.29) is 16.8 Å². The number of benzene rings is 4. The highest BCUT2D eigenvalue weighted by atomic mass is 35.5. The molecule has 0 N–H and O–H groups in total. The molecular formula is C33H20ClN3O7. The maximum absolute atomic E-state index is 13.3. The number of hydrogen-bond acceptors (Lipinski definition) is 8. The number of nitro groups is 1.